The number of nitro groups is 2. The summed E-state index contributed by atoms with van der Waals surface area (Å²) in [6.45, 7) is 5.37. The number of nitrogens with zero attached hydrogens (tertiary/aromatic N) is 7. The SMILES string of the molecule is CN(C)CCCN(c1ccccc1C(=O)c1ccccc1)c1ncccc1[N+](=O)[O-].O=C(c1ccccc1)c1ccccc1Nc1nccc(CCCN2CCOCC2)c1[N+](=O)[O-]. The average molecular weight is 851 g/mol. The van der Waals surface area contributed by atoms with Crippen LogP contribution in [0, 0.1) is 20.2 Å². The topological polar surface area (TPSA) is 177 Å². The van der Waals surface area contributed by atoms with E-state index in [2.05, 4.69) is 20.2 Å². The van der Waals surface area contributed by atoms with Crippen molar-refractivity contribution in [1.29, 1.82) is 0 Å². The Morgan fingerprint density at radius 2 is 1.32 bits per heavy atom. The highest BCUT2D eigenvalue weighted by molar-refractivity contribution is 6.13. The Morgan fingerprint density at radius 3 is 1.97 bits per heavy atom. The Balaban J connectivity index is 0.000000211. The van der Waals surface area contributed by atoms with Crippen molar-refractivity contribution >= 4 is 46.0 Å². The lowest BCUT2D eigenvalue weighted by Gasteiger charge is -2.26. The van der Waals surface area contributed by atoms with E-state index in [1.165, 1.54) is 12.3 Å². The summed E-state index contributed by atoms with van der Waals surface area (Å²) in [6.07, 6.45) is 5.21. The third-order valence-electron chi connectivity index (χ3n) is 10.4. The maximum absolute atomic E-state index is 13.2. The van der Waals surface area contributed by atoms with Crippen molar-refractivity contribution in [3.63, 3.8) is 0 Å². The van der Waals surface area contributed by atoms with E-state index in [0.717, 1.165) is 52.2 Å². The summed E-state index contributed by atoms with van der Waals surface area (Å²) >= 11 is 0. The first kappa shape index (κ1) is 45.3. The number of hydrogen-bond acceptors (Lipinski definition) is 13. The molecule has 0 amide bonds. The molecule has 0 atom stereocenters. The summed E-state index contributed by atoms with van der Waals surface area (Å²) in [6, 6.07) is 36.8. The van der Waals surface area contributed by atoms with Gasteiger partial charge in [0.1, 0.15) is 0 Å². The standard InChI is InChI=1S/C25H26N4O4.C23H24N4O3/c30-24(20-7-2-1-3-8-20)21-10-4-5-11-22(21)27-25-23(29(31)32)19(12-13-26-25)9-6-14-28-15-17-33-18-16-28;1-25(2)16-9-17-26(23-21(27(29)30)14-8-15-24-23)20-13-7-6-12-19(20)22(28)18-10-4-3-5-11-18/h1-5,7-8,10-13H,6,9,14-18H2,(H,26,27);3-8,10-15H,9,16-17H2,1-2H3. The molecular formula is C48H50N8O7. The molecule has 4 aromatic carbocycles. The number of carbonyl (C=O) groups is 2. The van der Waals surface area contributed by atoms with Gasteiger partial charge < -0.3 is 19.9 Å². The van der Waals surface area contributed by atoms with Crippen molar-refractivity contribution in [1.82, 2.24) is 19.8 Å². The van der Waals surface area contributed by atoms with Gasteiger partial charge in [-0.05, 0) is 82.8 Å². The van der Waals surface area contributed by atoms with Crippen LogP contribution >= 0.6 is 0 Å². The maximum Gasteiger partial charge on any atom is 0.314 e. The molecule has 1 aliphatic rings. The third-order valence-corrected chi connectivity index (χ3v) is 10.4. The molecule has 3 heterocycles. The van der Waals surface area contributed by atoms with Gasteiger partial charge in [0, 0.05) is 65.9 Å². The number of ether oxygens (including phenoxy) is 1. The van der Waals surface area contributed by atoms with Crippen molar-refractivity contribution in [2.24, 2.45) is 0 Å². The van der Waals surface area contributed by atoms with E-state index in [0.29, 0.717) is 52.2 Å². The van der Waals surface area contributed by atoms with E-state index in [9.17, 15) is 29.8 Å². The smallest absolute Gasteiger partial charge is 0.314 e. The molecule has 2 aromatic heterocycles. The zero-order valence-electron chi connectivity index (χ0n) is 35.3. The Kier molecular flexibility index (Phi) is 16.3. The second kappa shape index (κ2) is 22.6. The highest BCUT2D eigenvalue weighted by Crippen LogP contribution is 2.35. The molecule has 1 aliphatic heterocycles. The van der Waals surface area contributed by atoms with Crippen molar-refractivity contribution < 1.29 is 24.2 Å². The van der Waals surface area contributed by atoms with Crippen molar-refractivity contribution in [3.8, 4) is 0 Å². The number of aromatic nitrogens is 2. The summed E-state index contributed by atoms with van der Waals surface area (Å²) in [5, 5.41) is 26.7. The van der Waals surface area contributed by atoms with Crippen LogP contribution in [0.2, 0.25) is 0 Å². The van der Waals surface area contributed by atoms with Gasteiger partial charge in [0.15, 0.2) is 11.6 Å². The van der Waals surface area contributed by atoms with Gasteiger partial charge >= 0.3 is 11.4 Å². The number of carbonyl (C=O) groups excluding carboxylic acids is 2. The predicted octanol–water partition coefficient (Wildman–Crippen LogP) is 8.54. The normalized spacial score (nSPS) is 12.5. The fourth-order valence-corrected chi connectivity index (χ4v) is 7.24. The number of para-hydroxylation sites is 2. The zero-order chi connectivity index (χ0) is 44.6. The number of benzene rings is 4. The minimum atomic E-state index is -0.442. The predicted molar refractivity (Wildman–Crippen MR) is 243 cm³/mol. The van der Waals surface area contributed by atoms with Crippen LogP contribution in [0.15, 0.2) is 140 Å². The van der Waals surface area contributed by atoms with Crippen LogP contribution in [0.3, 0.4) is 0 Å². The minimum Gasteiger partial charge on any atom is -0.379 e. The molecule has 15 heteroatoms. The molecule has 1 saturated heterocycles. The van der Waals surface area contributed by atoms with Crippen LogP contribution in [-0.2, 0) is 11.2 Å². The fraction of sp³-hybridized carbons (Fsp3) is 0.250. The summed E-state index contributed by atoms with van der Waals surface area (Å²) in [5.74, 6) is 0.0668. The first-order chi connectivity index (χ1) is 30.6. The second-order valence-corrected chi connectivity index (χ2v) is 15.0. The summed E-state index contributed by atoms with van der Waals surface area (Å²) in [7, 11) is 3.95. The van der Waals surface area contributed by atoms with E-state index in [4.69, 9.17) is 4.74 Å². The summed E-state index contributed by atoms with van der Waals surface area (Å²) in [5.41, 5.74) is 3.58. The largest absolute Gasteiger partial charge is 0.379 e. The Labute approximate surface area is 366 Å². The Hall–Kier alpha value is -7.20. The zero-order valence-corrected chi connectivity index (χ0v) is 35.3. The van der Waals surface area contributed by atoms with Gasteiger partial charge in [-0.3, -0.25) is 34.7 Å². The lowest BCUT2D eigenvalue weighted by atomic mass is 10.0. The molecule has 63 heavy (non-hydrogen) atoms. The van der Waals surface area contributed by atoms with E-state index in [1.807, 2.05) is 55.4 Å². The maximum atomic E-state index is 13.2. The molecule has 7 rings (SSSR count). The molecule has 0 bridgehead atoms. The van der Waals surface area contributed by atoms with Crippen molar-refractivity contribution in [3.05, 3.63) is 188 Å². The number of hydrogen-bond donors (Lipinski definition) is 1. The van der Waals surface area contributed by atoms with Crippen molar-refractivity contribution in [2.75, 3.05) is 70.2 Å². The van der Waals surface area contributed by atoms with E-state index in [-0.39, 0.29) is 34.6 Å². The lowest BCUT2D eigenvalue weighted by Crippen LogP contribution is -2.36. The van der Waals surface area contributed by atoms with Crippen LogP contribution in [0.1, 0.15) is 50.2 Å². The lowest BCUT2D eigenvalue weighted by molar-refractivity contribution is -0.384. The molecular weight excluding hydrogens is 801 g/mol. The number of morpholine rings is 1. The molecule has 0 radical (unpaired) electrons. The van der Waals surface area contributed by atoms with Gasteiger partial charge in [-0.25, -0.2) is 9.97 Å². The van der Waals surface area contributed by atoms with Crippen LogP contribution in [-0.4, -0.2) is 101 Å². The van der Waals surface area contributed by atoms with Gasteiger partial charge in [-0.15, -0.1) is 0 Å². The number of rotatable bonds is 18. The van der Waals surface area contributed by atoms with Crippen LogP contribution in [0.25, 0.3) is 0 Å². The molecule has 0 aliphatic carbocycles. The second-order valence-electron chi connectivity index (χ2n) is 15.0. The quantitative estimate of drug-likeness (QED) is 0.0495. The third kappa shape index (κ3) is 12.2. The van der Waals surface area contributed by atoms with E-state index < -0.39 is 9.85 Å². The summed E-state index contributed by atoms with van der Waals surface area (Å²) < 4.78 is 5.37. The average Bonchev–Trinajstić information content (AvgIpc) is 3.31. The fourth-order valence-electron chi connectivity index (χ4n) is 7.24. The van der Waals surface area contributed by atoms with Gasteiger partial charge in [0.25, 0.3) is 0 Å². The van der Waals surface area contributed by atoms with Crippen LogP contribution < -0.4 is 10.2 Å². The molecule has 15 nitrogen and oxygen atoms in total. The highest BCUT2D eigenvalue weighted by atomic mass is 16.6. The first-order valence-electron chi connectivity index (χ1n) is 20.7. The van der Waals surface area contributed by atoms with Gasteiger partial charge in [0.05, 0.1) is 34.4 Å². The van der Waals surface area contributed by atoms with Gasteiger partial charge in [-0.1, -0.05) is 84.9 Å². The van der Waals surface area contributed by atoms with Crippen molar-refractivity contribution in [2.45, 2.75) is 19.3 Å². The molecule has 0 saturated carbocycles. The molecule has 0 unspecified atom stereocenters. The van der Waals surface area contributed by atoms with Gasteiger partial charge in [0.2, 0.25) is 11.6 Å². The minimum absolute atomic E-state index is 0.0542. The molecule has 1 fully saturated rings. The van der Waals surface area contributed by atoms with Crippen LogP contribution in [0.5, 0.6) is 0 Å². The van der Waals surface area contributed by atoms with E-state index >= 15 is 0 Å². The molecule has 6 aromatic rings. The number of aryl methyl sites for hydroxylation is 1. The number of anilines is 4. The Morgan fingerprint density at radius 1 is 0.698 bits per heavy atom. The number of ketones is 2. The molecule has 324 valence electrons. The Bertz CT molecular complexity index is 2480. The van der Waals surface area contributed by atoms with E-state index in [1.54, 1.807) is 96.0 Å². The number of pyridine rings is 2. The molecule has 0 spiro atoms. The monoisotopic (exact) mass is 850 g/mol. The highest BCUT2D eigenvalue weighted by Gasteiger charge is 2.26. The number of nitrogens with one attached hydrogen (secondary N) is 1. The van der Waals surface area contributed by atoms with Gasteiger partial charge in [-0.2, -0.15) is 0 Å². The first-order valence-corrected chi connectivity index (χ1v) is 20.7. The van der Waals surface area contributed by atoms with Crippen LogP contribution in [0.4, 0.5) is 34.4 Å². The molecule has 1 N–H and O–H groups in total. The summed E-state index contributed by atoms with van der Waals surface area (Å²) in [4.78, 5) is 63.7.